The predicted octanol–water partition coefficient (Wildman–Crippen LogP) is -0.284. The Morgan fingerprint density at radius 1 is 1.29 bits per heavy atom. The van der Waals surface area contributed by atoms with Crippen molar-refractivity contribution in [1.29, 1.82) is 0 Å². The number of hydrogen-bond acceptors (Lipinski definition) is 5. The van der Waals surface area contributed by atoms with Gasteiger partial charge in [-0.05, 0) is 14.1 Å². The minimum Gasteiger partial charge on any atom is -0.394 e. The van der Waals surface area contributed by atoms with Crippen LogP contribution in [0.4, 0.5) is 0 Å². The van der Waals surface area contributed by atoms with Gasteiger partial charge in [-0.3, -0.25) is 9.46 Å². The first kappa shape index (κ1) is 14.0. The first-order valence-electron chi connectivity index (χ1n) is 4.27. The summed E-state index contributed by atoms with van der Waals surface area (Å²) in [6, 6.07) is 0. The van der Waals surface area contributed by atoms with Crippen LogP contribution in [0.25, 0.3) is 0 Å². The molecule has 0 aliphatic heterocycles. The Kier molecular flexibility index (Phi) is 7.35. The molecule has 86 valence electrons. The maximum Gasteiger partial charge on any atom is 0.342 e. The molecule has 0 fully saturated rings. The lowest BCUT2D eigenvalue weighted by atomic mass is 10.7. The predicted molar refractivity (Wildman–Crippen MR) is 52.2 cm³/mol. The summed E-state index contributed by atoms with van der Waals surface area (Å²) >= 11 is 0. The minimum absolute atomic E-state index is 0.00694. The molecule has 6 nitrogen and oxygen atoms in total. The highest BCUT2D eigenvalue weighted by atomic mass is 31.2. The molecule has 0 spiro atoms. The van der Waals surface area contributed by atoms with Crippen molar-refractivity contribution < 1.29 is 23.8 Å². The molecule has 0 aromatic heterocycles. The van der Waals surface area contributed by atoms with Crippen molar-refractivity contribution in [3.05, 3.63) is 0 Å². The van der Waals surface area contributed by atoms with Crippen LogP contribution in [0.3, 0.4) is 0 Å². The summed E-state index contributed by atoms with van der Waals surface area (Å²) in [6.45, 7) is 0.418. The van der Waals surface area contributed by atoms with Gasteiger partial charge in [0.2, 0.25) is 0 Å². The number of aliphatic hydroxyl groups is 1. The van der Waals surface area contributed by atoms with Gasteiger partial charge in [-0.1, -0.05) is 0 Å². The largest absolute Gasteiger partial charge is 0.394 e. The second-order valence-corrected chi connectivity index (χ2v) is 4.84. The van der Waals surface area contributed by atoms with Crippen molar-refractivity contribution in [2.75, 3.05) is 46.8 Å². The van der Waals surface area contributed by atoms with E-state index in [-0.39, 0.29) is 32.7 Å². The maximum absolute atomic E-state index is 11.2. The Balaban J connectivity index is 3.51. The zero-order valence-corrected chi connectivity index (χ0v) is 9.44. The third kappa shape index (κ3) is 8.62. The average molecular weight is 227 g/mol. The number of aliphatic hydroxyl groups excluding tert-OH is 1. The molecule has 0 rings (SSSR count). The quantitative estimate of drug-likeness (QED) is 0.438. The van der Waals surface area contributed by atoms with Gasteiger partial charge >= 0.3 is 7.60 Å². The fraction of sp³-hybridized carbons (Fsp3) is 1.00. The van der Waals surface area contributed by atoms with E-state index >= 15 is 0 Å². The second kappa shape index (κ2) is 7.34. The molecule has 1 atom stereocenters. The Morgan fingerprint density at radius 3 is 2.43 bits per heavy atom. The van der Waals surface area contributed by atoms with Gasteiger partial charge < -0.3 is 19.3 Å². The standard InChI is InChI=1S/C7H18NO5P/c1-8(2)7-14(10,11)13-6-5-12-4-3-9/h9H,3-7H2,1-2H3,(H,10,11). The van der Waals surface area contributed by atoms with E-state index in [1.165, 1.54) is 0 Å². The van der Waals surface area contributed by atoms with Crippen LogP contribution in [0.2, 0.25) is 0 Å². The Hall–Kier alpha value is 0.0300. The van der Waals surface area contributed by atoms with Gasteiger partial charge in [0.25, 0.3) is 0 Å². The van der Waals surface area contributed by atoms with E-state index in [2.05, 4.69) is 0 Å². The van der Waals surface area contributed by atoms with Crippen LogP contribution in [0.5, 0.6) is 0 Å². The van der Waals surface area contributed by atoms with Crippen molar-refractivity contribution in [3.8, 4) is 0 Å². The Labute approximate surface area is 84.0 Å². The molecular formula is C7H18NO5P. The van der Waals surface area contributed by atoms with Crippen molar-refractivity contribution in [2.24, 2.45) is 0 Å². The third-order valence-corrected chi connectivity index (χ3v) is 2.73. The summed E-state index contributed by atoms with van der Waals surface area (Å²) in [5.41, 5.74) is 0. The van der Waals surface area contributed by atoms with Crippen LogP contribution in [-0.4, -0.2) is 61.7 Å². The molecule has 2 N–H and O–H groups in total. The highest BCUT2D eigenvalue weighted by molar-refractivity contribution is 7.52. The van der Waals surface area contributed by atoms with Crippen LogP contribution in [0.15, 0.2) is 0 Å². The van der Waals surface area contributed by atoms with E-state index < -0.39 is 7.60 Å². The topological polar surface area (TPSA) is 79.2 Å². The first-order chi connectivity index (χ1) is 6.48. The SMILES string of the molecule is CN(C)CP(=O)(O)OCCOCCO. The molecule has 0 radical (unpaired) electrons. The minimum atomic E-state index is -3.51. The Morgan fingerprint density at radius 2 is 1.93 bits per heavy atom. The highest BCUT2D eigenvalue weighted by Gasteiger charge is 2.19. The highest BCUT2D eigenvalue weighted by Crippen LogP contribution is 2.41. The van der Waals surface area contributed by atoms with E-state index in [9.17, 15) is 9.46 Å². The first-order valence-corrected chi connectivity index (χ1v) is 6.04. The molecule has 0 heterocycles. The van der Waals surface area contributed by atoms with E-state index in [1.54, 1.807) is 19.0 Å². The van der Waals surface area contributed by atoms with Gasteiger partial charge in [0, 0.05) is 0 Å². The van der Waals surface area contributed by atoms with E-state index in [1.807, 2.05) is 0 Å². The van der Waals surface area contributed by atoms with E-state index in [4.69, 9.17) is 14.4 Å². The fourth-order valence-corrected chi connectivity index (χ4v) is 1.96. The normalized spacial score (nSPS) is 15.8. The van der Waals surface area contributed by atoms with Crippen LogP contribution in [0.1, 0.15) is 0 Å². The Bertz CT molecular complexity index is 187. The lowest BCUT2D eigenvalue weighted by Gasteiger charge is -2.16. The molecule has 0 aromatic carbocycles. The average Bonchev–Trinajstić information content (AvgIpc) is 2.01. The number of rotatable bonds is 8. The third-order valence-electron chi connectivity index (χ3n) is 1.22. The lowest BCUT2D eigenvalue weighted by molar-refractivity contribution is 0.0671. The number of ether oxygens (including phenoxy) is 1. The van der Waals surface area contributed by atoms with Gasteiger partial charge in [-0.15, -0.1) is 0 Å². The van der Waals surface area contributed by atoms with Crippen LogP contribution < -0.4 is 0 Å². The molecule has 14 heavy (non-hydrogen) atoms. The molecule has 0 aromatic rings. The van der Waals surface area contributed by atoms with Crippen molar-refractivity contribution >= 4 is 7.60 Å². The molecule has 0 amide bonds. The van der Waals surface area contributed by atoms with Crippen LogP contribution in [-0.2, 0) is 13.8 Å². The van der Waals surface area contributed by atoms with Crippen LogP contribution in [0, 0.1) is 0 Å². The van der Waals surface area contributed by atoms with Crippen LogP contribution >= 0.6 is 7.60 Å². The second-order valence-electron chi connectivity index (χ2n) is 3.03. The van der Waals surface area contributed by atoms with Gasteiger partial charge in [0.05, 0.1) is 26.4 Å². The van der Waals surface area contributed by atoms with Crippen molar-refractivity contribution in [2.45, 2.75) is 0 Å². The molecule has 0 saturated heterocycles. The van der Waals surface area contributed by atoms with E-state index in [0.29, 0.717) is 0 Å². The summed E-state index contributed by atoms with van der Waals surface area (Å²) in [6.07, 6.45) is -0.00694. The van der Waals surface area contributed by atoms with Gasteiger partial charge in [-0.25, -0.2) is 0 Å². The lowest BCUT2D eigenvalue weighted by Crippen LogP contribution is -2.15. The summed E-state index contributed by atoms with van der Waals surface area (Å²) in [7, 11) is -0.136. The smallest absolute Gasteiger partial charge is 0.342 e. The van der Waals surface area contributed by atoms with Gasteiger partial charge in [-0.2, -0.15) is 0 Å². The molecule has 0 saturated carbocycles. The number of nitrogens with zero attached hydrogens (tertiary/aromatic N) is 1. The molecule has 7 heteroatoms. The molecular weight excluding hydrogens is 209 g/mol. The van der Waals surface area contributed by atoms with Crippen molar-refractivity contribution in [3.63, 3.8) is 0 Å². The molecule has 0 bridgehead atoms. The summed E-state index contributed by atoms with van der Waals surface area (Å²) < 4.78 is 20.9. The van der Waals surface area contributed by atoms with E-state index in [0.717, 1.165) is 0 Å². The fourth-order valence-electron chi connectivity index (χ4n) is 0.804. The monoisotopic (exact) mass is 227 g/mol. The molecule has 0 aliphatic carbocycles. The van der Waals surface area contributed by atoms with Gasteiger partial charge in [0.1, 0.15) is 6.29 Å². The zero-order valence-electron chi connectivity index (χ0n) is 8.55. The molecule has 1 unspecified atom stereocenters. The van der Waals surface area contributed by atoms with Gasteiger partial charge in [0.15, 0.2) is 0 Å². The van der Waals surface area contributed by atoms with Crippen molar-refractivity contribution in [1.82, 2.24) is 4.90 Å². The summed E-state index contributed by atoms with van der Waals surface area (Å²) in [4.78, 5) is 10.8. The summed E-state index contributed by atoms with van der Waals surface area (Å²) in [5.74, 6) is 0. The number of hydrogen-bond donors (Lipinski definition) is 2. The maximum atomic E-state index is 11.2. The molecule has 0 aliphatic rings. The summed E-state index contributed by atoms with van der Waals surface area (Å²) in [5, 5.41) is 8.37. The zero-order chi connectivity index (χ0) is 11.0.